The molecule has 2 rings (SSSR count). The quantitative estimate of drug-likeness (QED) is 0.888. The van der Waals surface area contributed by atoms with Crippen LogP contribution in [-0.2, 0) is 9.53 Å². The van der Waals surface area contributed by atoms with Gasteiger partial charge in [-0.1, -0.05) is 0 Å². The molecule has 20 heavy (non-hydrogen) atoms. The van der Waals surface area contributed by atoms with Crippen molar-refractivity contribution in [2.75, 3.05) is 18.5 Å². The molecule has 0 aliphatic heterocycles. The zero-order valence-electron chi connectivity index (χ0n) is 11.8. The Kier molecular flexibility index (Phi) is 4.41. The number of ether oxygens (including phenoxy) is 1. The van der Waals surface area contributed by atoms with Crippen molar-refractivity contribution < 1.29 is 9.53 Å². The number of aromatic nitrogens is 4. The van der Waals surface area contributed by atoms with Crippen molar-refractivity contribution in [3.05, 3.63) is 29.8 Å². The van der Waals surface area contributed by atoms with Crippen LogP contribution in [0.25, 0.3) is 5.82 Å². The molecule has 0 saturated carbocycles. The molecule has 0 fully saturated rings. The Labute approximate surface area is 117 Å². The van der Waals surface area contributed by atoms with Crippen LogP contribution in [0.4, 0.5) is 5.82 Å². The molecule has 2 aromatic heterocycles. The Hall–Kier alpha value is -2.28. The first-order valence-corrected chi connectivity index (χ1v) is 6.33. The summed E-state index contributed by atoms with van der Waals surface area (Å²) < 4.78 is 6.74. The maximum absolute atomic E-state index is 11.6. The molecule has 1 N–H and O–H groups in total. The van der Waals surface area contributed by atoms with Gasteiger partial charge in [0.25, 0.3) is 5.91 Å². The molecule has 0 aliphatic rings. The summed E-state index contributed by atoms with van der Waals surface area (Å²) in [5.41, 5.74) is 1.87. The Morgan fingerprint density at radius 2 is 2.15 bits per heavy atom. The maximum atomic E-state index is 11.6. The van der Waals surface area contributed by atoms with Gasteiger partial charge in [-0.25, -0.2) is 14.6 Å². The molecule has 0 unspecified atom stereocenters. The number of hydrogen-bond acceptors (Lipinski definition) is 5. The number of hydrogen-bond donors (Lipinski definition) is 1. The lowest BCUT2D eigenvalue weighted by atomic mass is 10.4. The highest BCUT2D eigenvalue weighted by atomic mass is 16.5. The van der Waals surface area contributed by atoms with Gasteiger partial charge in [-0.05, 0) is 26.8 Å². The summed E-state index contributed by atoms with van der Waals surface area (Å²) in [6.45, 7) is 6.19. The number of carbonyl (C=O) groups is 1. The average molecular weight is 275 g/mol. The third-order valence-electron chi connectivity index (χ3n) is 2.58. The fourth-order valence-electron chi connectivity index (χ4n) is 1.77. The highest BCUT2D eigenvalue weighted by Gasteiger charge is 2.08. The van der Waals surface area contributed by atoms with Crippen LogP contribution in [0.3, 0.4) is 0 Å². The summed E-state index contributed by atoms with van der Waals surface area (Å²) in [4.78, 5) is 19.7. The van der Waals surface area contributed by atoms with Crippen LogP contribution in [-0.4, -0.2) is 38.9 Å². The summed E-state index contributed by atoms with van der Waals surface area (Å²) in [6.07, 6.45) is 1.39. The lowest BCUT2D eigenvalue weighted by Crippen LogP contribution is -2.19. The van der Waals surface area contributed by atoms with E-state index in [0.29, 0.717) is 18.2 Å². The number of amides is 1. The first-order chi connectivity index (χ1) is 9.60. The normalized spacial score (nSPS) is 10.6. The van der Waals surface area contributed by atoms with Gasteiger partial charge in [0.2, 0.25) is 0 Å². The largest absolute Gasteiger partial charge is 0.372 e. The standard InChI is InChI=1S/C13H17N5O2/c1-4-20-7-13(19)16-11-6-12(15-8-14-11)18-10(3)5-9(2)17-18/h5-6,8H,4,7H2,1-3H3,(H,14,15,16,19). The number of aryl methyl sites for hydroxylation is 2. The summed E-state index contributed by atoms with van der Waals surface area (Å²) in [6, 6.07) is 3.62. The molecule has 0 radical (unpaired) electrons. The monoisotopic (exact) mass is 275 g/mol. The van der Waals surface area contributed by atoms with Gasteiger partial charge in [0.15, 0.2) is 5.82 Å². The van der Waals surface area contributed by atoms with E-state index in [1.165, 1.54) is 6.33 Å². The minimum absolute atomic E-state index is 0.00966. The van der Waals surface area contributed by atoms with Crippen LogP contribution in [0, 0.1) is 13.8 Å². The lowest BCUT2D eigenvalue weighted by molar-refractivity contribution is -0.120. The van der Waals surface area contributed by atoms with Crippen LogP contribution < -0.4 is 5.32 Å². The molecule has 106 valence electrons. The third-order valence-corrected chi connectivity index (χ3v) is 2.58. The SMILES string of the molecule is CCOCC(=O)Nc1cc(-n2nc(C)cc2C)ncn1. The molecule has 7 nitrogen and oxygen atoms in total. The van der Waals surface area contributed by atoms with E-state index >= 15 is 0 Å². The summed E-state index contributed by atoms with van der Waals surface area (Å²) >= 11 is 0. The van der Waals surface area contributed by atoms with Gasteiger partial charge in [-0.3, -0.25) is 4.79 Å². The molecular formula is C13H17N5O2. The zero-order valence-corrected chi connectivity index (χ0v) is 11.8. The summed E-state index contributed by atoms with van der Waals surface area (Å²) in [5, 5.41) is 7.00. The minimum atomic E-state index is -0.245. The molecule has 2 heterocycles. The number of anilines is 1. The predicted octanol–water partition coefficient (Wildman–Crippen LogP) is 1.25. The fourth-order valence-corrected chi connectivity index (χ4v) is 1.77. The predicted molar refractivity (Wildman–Crippen MR) is 73.8 cm³/mol. The second kappa shape index (κ2) is 6.25. The van der Waals surface area contributed by atoms with E-state index in [4.69, 9.17) is 4.74 Å². The maximum Gasteiger partial charge on any atom is 0.251 e. The molecule has 0 atom stereocenters. The molecule has 0 spiro atoms. The second-order valence-corrected chi connectivity index (χ2v) is 4.29. The van der Waals surface area contributed by atoms with Crippen LogP contribution in [0.2, 0.25) is 0 Å². The van der Waals surface area contributed by atoms with Gasteiger partial charge >= 0.3 is 0 Å². The number of nitrogens with one attached hydrogen (secondary N) is 1. The Bertz CT molecular complexity index is 609. The molecule has 0 bridgehead atoms. The molecule has 1 amide bonds. The van der Waals surface area contributed by atoms with Crippen molar-refractivity contribution in [3.8, 4) is 5.82 Å². The van der Waals surface area contributed by atoms with Crippen molar-refractivity contribution in [1.29, 1.82) is 0 Å². The van der Waals surface area contributed by atoms with E-state index in [0.717, 1.165) is 11.4 Å². The second-order valence-electron chi connectivity index (χ2n) is 4.29. The van der Waals surface area contributed by atoms with E-state index in [9.17, 15) is 4.79 Å². The van der Waals surface area contributed by atoms with E-state index in [1.807, 2.05) is 26.8 Å². The van der Waals surface area contributed by atoms with Crippen LogP contribution in [0.5, 0.6) is 0 Å². The molecule has 7 heteroatoms. The van der Waals surface area contributed by atoms with Gasteiger partial charge < -0.3 is 10.1 Å². The molecule has 0 aromatic carbocycles. The molecule has 2 aromatic rings. The number of carbonyl (C=O) groups excluding carboxylic acids is 1. The first-order valence-electron chi connectivity index (χ1n) is 6.33. The zero-order chi connectivity index (χ0) is 14.5. The Morgan fingerprint density at radius 1 is 1.35 bits per heavy atom. The molecule has 0 saturated heterocycles. The molecular weight excluding hydrogens is 258 g/mol. The van der Waals surface area contributed by atoms with Gasteiger partial charge in [0.1, 0.15) is 18.8 Å². The summed E-state index contributed by atoms with van der Waals surface area (Å²) in [7, 11) is 0. The fraction of sp³-hybridized carbons (Fsp3) is 0.385. The third kappa shape index (κ3) is 3.39. The van der Waals surface area contributed by atoms with Crippen LogP contribution in [0.1, 0.15) is 18.3 Å². The van der Waals surface area contributed by atoms with Crippen molar-refractivity contribution in [1.82, 2.24) is 19.7 Å². The van der Waals surface area contributed by atoms with Crippen molar-refractivity contribution in [2.45, 2.75) is 20.8 Å². The Morgan fingerprint density at radius 3 is 2.80 bits per heavy atom. The van der Waals surface area contributed by atoms with E-state index in [2.05, 4.69) is 20.4 Å². The van der Waals surface area contributed by atoms with Crippen LogP contribution >= 0.6 is 0 Å². The number of nitrogens with zero attached hydrogens (tertiary/aromatic N) is 4. The average Bonchev–Trinajstić information content (AvgIpc) is 2.76. The smallest absolute Gasteiger partial charge is 0.251 e. The number of rotatable bonds is 5. The van der Waals surface area contributed by atoms with Gasteiger partial charge in [0.05, 0.1) is 5.69 Å². The topological polar surface area (TPSA) is 81.9 Å². The van der Waals surface area contributed by atoms with E-state index in [1.54, 1.807) is 10.7 Å². The minimum Gasteiger partial charge on any atom is -0.372 e. The van der Waals surface area contributed by atoms with Crippen molar-refractivity contribution in [2.24, 2.45) is 0 Å². The van der Waals surface area contributed by atoms with Gasteiger partial charge in [-0.2, -0.15) is 5.10 Å². The van der Waals surface area contributed by atoms with Crippen LogP contribution in [0.15, 0.2) is 18.5 Å². The first kappa shape index (κ1) is 14.1. The summed E-state index contributed by atoms with van der Waals surface area (Å²) in [5.74, 6) is 0.787. The van der Waals surface area contributed by atoms with Crippen molar-refractivity contribution in [3.63, 3.8) is 0 Å². The van der Waals surface area contributed by atoms with E-state index < -0.39 is 0 Å². The highest BCUT2D eigenvalue weighted by molar-refractivity contribution is 5.90. The van der Waals surface area contributed by atoms with Gasteiger partial charge in [-0.15, -0.1) is 0 Å². The van der Waals surface area contributed by atoms with Crippen molar-refractivity contribution >= 4 is 11.7 Å². The molecule has 0 aliphatic carbocycles. The highest BCUT2D eigenvalue weighted by Crippen LogP contribution is 2.12. The van der Waals surface area contributed by atoms with E-state index in [-0.39, 0.29) is 12.5 Å². The van der Waals surface area contributed by atoms with Gasteiger partial charge in [0, 0.05) is 18.4 Å². The Balaban J connectivity index is 2.16. The lowest BCUT2D eigenvalue weighted by Gasteiger charge is -2.07.